The standard InChI is InChI=1S/C10H12O3.C7H6O2/c1-2-7-13-9-5-3-8(4-6-9)10(11)12;8-7(9)6-4-2-1-3-5-6/h3-6H,2,7H2,1H3,(H,11,12);1-5H,(H,8,9). The van der Waals surface area contributed by atoms with E-state index < -0.39 is 11.9 Å². The lowest BCUT2D eigenvalue weighted by molar-refractivity contribution is 0.0686. The maximum atomic E-state index is 10.5. The van der Waals surface area contributed by atoms with Crippen molar-refractivity contribution in [3.05, 3.63) is 65.7 Å². The summed E-state index contributed by atoms with van der Waals surface area (Å²) >= 11 is 0. The molecule has 0 heterocycles. The van der Waals surface area contributed by atoms with Gasteiger partial charge in [-0.05, 0) is 42.8 Å². The molecule has 2 aromatic carbocycles. The zero-order chi connectivity index (χ0) is 16.4. The molecule has 22 heavy (non-hydrogen) atoms. The lowest BCUT2D eigenvalue weighted by Gasteiger charge is -2.03. The minimum Gasteiger partial charge on any atom is -0.494 e. The summed E-state index contributed by atoms with van der Waals surface area (Å²) < 4.78 is 5.30. The zero-order valence-corrected chi connectivity index (χ0v) is 12.2. The van der Waals surface area contributed by atoms with Crippen LogP contribution < -0.4 is 4.74 Å². The summed E-state index contributed by atoms with van der Waals surface area (Å²) in [6.45, 7) is 2.68. The highest BCUT2D eigenvalue weighted by molar-refractivity contribution is 5.87. The largest absolute Gasteiger partial charge is 0.494 e. The minimum atomic E-state index is -0.915. The summed E-state index contributed by atoms with van der Waals surface area (Å²) in [5, 5.41) is 17.0. The first-order valence-corrected chi connectivity index (χ1v) is 6.79. The van der Waals surface area contributed by atoms with Crippen LogP contribution in [0.1, 0.15) is 34.1 Å². The van der Waals surface area contributed by atoms with Gasteiger partial charge in [0.05, 0.1) is 17.7 Å². The van der Waals surface area contributed by atoms with Crippen LogP contribution in [-0.2, 0) is 0 Å². The molecule has 0 aliphatic rings. The topological polar surface area (TPSA) is 83.8 Å². The van der Waals surface area contributed by atoms with Crippen molar-refractivity contribution < 1.29 is 24.5 Å². The van der Waals surface area contributed by atoms with Crippen molar-refractivity contribution in [1.29, 1.82) is 0 Å². The van der Waals surface area contributed by atoms with Crippen molar-refractivity contribution in [3.63, 3.8) is 0 Å². The van der Waals surface area contributed by atoms with Crippen molar-refractivity contribution in [3.8, 4) is 5.75 Å². The van der Waals surface area contributed by atoms with Crippen LogP contribution in [0.3, 0.4) is 0 Å². The molecular formula is C17H18O5. The number of hydrogen-bond acceptors (Lipinski definition) is 3. The van der Waals surface area contributed by atoms with Crippen molar-refractivity contribution in [1.82, 2.24) is 0 Å². The molecule has 5 heteroatoms. The van der Waals surface area contributed by atoms with Gasteiger partial charge >= 0.3 is 11.9 Å². The van der Waals surface area contributed by atoms with Gasteiger partial charge in [-0.25, -0.2) is 9.59 Å². The SMILES string of the molecule is CCCOc1ccc(C(=O)O)cc1.O=C(O)c1ccccc1. The van der Waals surface area contributed by atoms with Crippen molar-refractivity contribution in [2.45, 2.75) is 13.3 Å². The molecule has 116 valence electrons. The molecule has 0 spiro atoms. The Kier molecular flexibility index (Phi) is 7.19. The van der Waals surface area contributed by atoms with E-state index in [0.29, 0.717) is 17.9 Å². The summed E-state index contributed by atoms with van der Waals surface area (Å²) in [6.07, 6.45) is 0.945. The fourth-order valence-corrected chi connectivity index (χ4v) is 1.49. The van der Waals surface area contributed by atoms with Crippen molar-refractivity contribution in [2.75, 3.05) is 6.61 Å². The molecule has 0 unspecified atom stereocenters. The molecular weight excluding hydrogens is 284 g/mol. The molecule has 2 N–H and O–H groups in total. The van der Waals surface area contributed by atoms with Crippen LogP contribution in [0.15, 0.2) is 54.6 Å². The number of benzene rings is 2. The third-order valence-electron chi connectivity index (χ3n) is 2.59. The molecule has 2 aromatic rings. The van der Waals surface area contributed by atoms with Crippen LogP contribution in [0, 0.1) is 0 Å². The fourth-order valence-electron chi connectivity index (χ4n) is 1.49. The van der Waals surface area contributed by atoms with E-state index in [-0.39, 0.29) is 5.56 Å². The van der Waals surface area contributed by atoms with Gasteiger partial charge in [0.1, 0.15) is 5.75 Å². The van der Waals surface area contributed by atoms with Gasteiger partial charge in [-0.2, -0.15) is 0 Å². The Bertz CT molecular complexity index is 590. The second-order valence-electron chi connectivity index (χ2n) is 4.35. The molecule has 0 saturated carbocycles. The summed E-state index contributed by atoms with van der Waals surface area (Å²) in [5.41, 5.74) is 0.612. The van der Waals surface area contributed by atoms with E-state index in [1.807, 2.05) is 6.92 Å². The predicted molar refractivity (Wildman–Crippen MR) is 82.6 cm³/mol. The van der Waals surface area contributed by atoms with Gasteiger partial charge in [0, 0.05) is 0 Å². The van der Waals surface area contributed by atoms with Gasteiger partial charge < -0.3 is 14.9 Å². The summed E-state index contributed by atoms with van der Waals surface area (Å²) in [4.78, 5) is 20.7. The van der Waals surface area contributed by atoms with E-state index in [2.05, 4.69) is 0 Å². The molecule has 0 aliphatic carbocycles. The van der Waals surface area contributed by atoms with E-state index in [1.54, 1.807) is 42.5 Å². The quantitative estimate of drug-likeness (QED) is 0.882. The Labute approximate surface area is 128 Å². The van der Waals surface area contributed by atoms with Crippen molar-refractivity contribution in [2.24, 2.45) is 0 Å². The number of carboxylic acids is 2. The van der Waals surface area contributed by atoms with Gasteiger partial charge in [0.2, 0.25) is 0 Å². The summed E-state index contributed by atoms with van der Waals surface area (Å²) in [7, 11) is 0. The van der Waals surface area contributed by atoms with Crippen LogP contribution in [0.25, 0.3) is 0 Å². The highest BCUT2D eigenvalue weighted by Crippen LogP contribution is 2.12. The molecule has 0 amide bonds. The van der Waals surface area contributed by atoms with E-state index in [0.717, 1.165) is 6.42 Å². The van der Waals surface area contributed by atoms with Crippen LogP contribution in [0.2, 0.25) is 0 Å². The molecule has 0 bridgehead atoms. The summed E-state index contributed by atoms with van der Waals surface area (Å²) in [6, 6.07) is 14.7. The van der Waals surface area contributed by atoms with E-state index in [9.17, 15) is 9.59 Å². The number of rotatable bonds is 5. The molecule has 0 aromatic heterocycles. The Morgan fingerprint density at radius 2 is 1.36 bits per heavy atom. The average molecular weight is 302 g/mol. The third-order valence-corrected chi connectivity index (χ3v) is 2.59. The zero-order valence-electron chi connectivity index (χ0n) is 12.2. The van der Waals surface area contributed by atoms with Gasteiger partial charge in [-0.1, -0.05) is 25.1 Å². The third kappa shape index (κ3) is 6.09. The molecule has 5 nitrogen and oxygen atoms in total. The van der Waals surface area contributed by atoms with E-state index in [4.69, 9.17) is 14.9 Å². The van der Waals surface area contributed by atoms with Crippen LogP contribution in [0.5, 0.6) is 5.75 Å². The molecule has 0 aliphatic heterocycles. The lowest BCUT2D eigenvalue weighted by atomic mass is 10.2. The molecule has 0 atom stereocenters. The van der Waals surface area contributed by atoms with Crippen LogP contribution >= 0.6 is 0 Å². The number of carbonyl (C=O) groups is 2. The van der Waals surface area contributed by atoms with Gasteiger partial charge in [0.15, 0.2) is 0 Å². The predicted octanol–water partition coefficient (Wildman–Crippen LogP) is 3.56. The first-order valence-electron chi connectivity index (χ1n) is 6.79. The Balaban J connectivity index is 0.000000235. The minimum absolute atomic E-state index is 0.281. The number of aromatic carboxylic acids is 2. The highest BCUT2D eigenvalue weighted by Gasteiger charge is 2.01. The normalized spacial score (nSPS) is 9.32. The Morgan fingerprint density at radius 1 is 0.864 bits per heavy atom. The fraction of sp³-hybridized carbons (Fsp3) is 0.176. The van der Waals surface area contributed by atoms with E-state index >= 15 is 0 Å². The second kappa shape index (κ2) is 9.18. The van der Waals surface area contributed by atoms with Crippen molar-refractivity contribution >= 4 is 11.9 Å². The average Bonchev–Trinajstić information content (AvgIpc) is 2.54. The van der Waals surface area contributed by atoms with Gasteiger partial charge in [-0.15, -0.1) is 0 Å². The monoisotopic (exact) mass is 302 g/mol. The molecule has 0 fully saturated rings. The number of carboxylic acid groups (broad SMARTS) is 2. The van der Waals surface area contributed by atoms with E-state index in [1.165, 1.54) is 12.1 Å². The van der Waals surface area contributed by atoms with Crippen LogP contribution in [-0.4, -0.2) is 28.8 Å². The molecule has 0 saturated heterocycles. The molecule has 2 rings (SSSR count). The summed E-state index contributed by atoms with van der Waals surface area (Å²) in [5.74, 6) is -1.08. The number of hydrogen-bond donors (Lipinski definition) is 2. The number of ether oxygens (including phenoxy) is 1. The maximum Gasteiger partial charge on any atom is 0.335 e. The van der Waals surface area contributed by atoms with Gasteiger partial charge in [-0.3, -0.25) is 0 Å². The second-order valence-corrected chi connectivity index (χ2v) is 4.35. The molecule has 0 radical (unpaired) electrons. The Morgan fingerprint density at radius 3 is 1.77 bits per heavy atom. The highest BCUT2D eigenvalue weighted by atomic mass is 16.5. The van der Waals surface area contributed by atoms with Gasteiger partial charge in [0.25, 0.3) is 0 Å². The first kappa shape index (κ1) is 17.2. The first-order chi connectivity index (χ1) is 10.5. The maximum absolute atomic E-state index is 10.5. The smallest absolute Gasteiger partial charge is 0.335 e. The Hall–Kier alpha value is -2.82. The lowest BCUT2D eigenvalue weighted by Crippen LogP contribution is -1.97. The van der Waals surface area contributed by atoms with Crippen LogP contribution in [0.4, 0.5) is 0 Å².